The lowest BCUT2D eigenvalue weighted by atomic mass is 9.81. The second-order valence-electron chi connectivity index (χ2n) is 13.2. The lowest BCUT2D eigenvalue weighted by molar-refractivity contribution is 0.660. The van der Waals surface area contributed by atoms with Crippen LogP contribution in [-0.2, 0) is 5.41 Å². The molecule has 0 amide bonds. The Balaban J connectivity index is 1.37. The molecule has 46 heavy (non-hydrogen) atoms. The van der Waals surface area contributed by atoms with Gasteiger partial charge in [-0.2, -0.15) is 0 Å². The lowest BCUT2D eigenvalue weighted by Crippen LogP contribution is -2.14. The first-order chi connectivity index (χ1) is 22.5. The summed E-state index contributed by atoms with van der Waals surface area (Å²) < 4.78 is 0. The molecule has 8 aromatic rings. The zero-order chi connectivity index (χ0) is 31.0. The normalized spacial score (nSPS) is 13.3. The van der Waals surface area contributed by atoms with Gasteiger partial charge in [0.1, 0.15) is 0 Å². The summed E-state index contributed by atoms with van der Waals surface area (Å²) in [6, 6.07) is 53.4. The number of fused-ring (bicyclic) bond motifs is 6. The highest BCUT2D eigenvalue weighted by Gasteiger charge is 2.35. The van der Waals surface area contributed by atoms with Crippen LogP contribution in [0.1, 0.15) is 30.5 Å². The van der Waals surface area contributed by atoms with Gasteiger partial charge in [-0.1, -0.05) is 147 Å². The lowest BCUT2D eigenvalue weighted by Gasteiger charge is -2.22. The Bertz CT molecular complexity index is 2500. The van der Waals surface area contributed by atoms with E-state index in [2.05, 4.69) is 166 Å². The van der Waals surface area contributed by atoms with Crippen molar-refractivity contribution >= 4 is 32.4 Å². The topological polar surface area (TPSA) is 12.9 Å². The molecule has 218 valence electrons. The molecule has 0 radical (unpaired) electrons. The molecule has 0 saturated carbocycles. The van der Waals surface area contributed by atoms with Gasteiger partial charge in [0.05, 0.1) is 11.2 Å². The Labute approximate surface area is 269 Å². The van der Waals surface area contributed by atoms with E-state index in [0.29, 0.717) is 0 Å². The first-order valence-electron chi connectivity index (χ1n) is 16.1. The molecule has 1 nitrogen and oxygen atoms in total. The molecule has 7 aromatic carbocycles. The van der Waals surface area contributed by atoms with Crippen molar-refractivity contribution in [3.63, 3.8) is 0 Å². The standard InChI is InChI=1S/C45H33N/c1-28-21-23-35-38(25-28)43(30-22-24-40-37(26-30)31-15-9-11-19-39(31)45(40,2)3)33-17-7-8-18-34(33)44(35)42-27-36(29-13-5-4-6-14-29)32-16-10-12-20-41(32)46-42/h4-27H,1-3H3. The van der Waals surface area contributed by atoms with Gasteiger partial charge in [-0.15, -0.1) is 0 Å². The molecule has 0 atom stereocenters. The van der Waals surface area contributed by atoms with Crippen molar-refractivity contribution < 1.29 is 0 Å². The third-order valence-corrected chi connectivity index (χ3v) is 10.1. The van der Waals surface area contributed by atoms with Crippen LogP contribution in [0.4, 0.5) is 0 Å². The molecule has 0 bridgehead atoms. The van der Waals surface area contributed by atoms with E-state index in [0.717, 1.165) is 11.2 Å². The van der Waals surface area contributed by atoms with E-state index in [1.165, 1.54) is 82.6 Å². The Kier molecular flexibility index (Phi) is 5.83. The number of nitrogens with zero attached hydrogens (tertiary/aromatic N) is 1. The summed E-state index contributed by atoms with van der Waals surface area (Å²) in [5.74, 6) is 0. The van der Waals surface area contributed by atoms with Gasteiger partial charge in [0, 0.05) is 16.4 Å². The molecule has 0 spiro atoms. The van der Waals surface area contributed by atoms with Crippen molar-refractivity contribution in [1.82, 2.24) is 4.98 Å². The van der Waals surface area contributed by atoms with Crippen LogP contribution >= 0.6 is 0 Å². The number of aromatic nitrogens is 1. The van der Waals surface area contributed by atoms with E-state index in [1.807, 2.05) is 0 Å². The summed E-state index contributed by atoms with van der Waals surface area (Å²) in [7, 11) is 0. The molecule has 1 aromatic heterocycles. The fourth-order valence-electron chi connectivity index (χ4n) is 7.91. The van der Waals surface area contributed by atoms with Crippen molar-refractivity contribution in [2.75, 3.05) is 0 Å². The van der Waals surface area contributed by atoms with Crippen molar-refractivity contribution in [3.05, 3.63) is 162 Å². The largest absolute Gasteiger partial charge is 0.248 e. The van der Waals surface area contributed by atoms with Crippen molar-refractivity contribution in [2.45, 2.75) is 26.2 Å². The molecule has 0 unspecified atom stereocenters. The average Bonchev–Trinajstić information content (AvgIpc) is 3.32. The van der Waals surface area contributed by atoms with Crippen molar-refractivity contribution in [3.8, 4) is 44.6 Å². The zero-order valence-corrected chi connectivity index (χ0v) is 26.3. The van der Waals surface area contributed by atoms with E-state index in [9.17, 15) is 0 Å². The third-order valence-electron chi connectivity index (χ3n) is 10.1. The molecule has 0 fully saturated rings. The highest BCUT2D eigenvalue weighted by Crippen LogP contribution is 2.51. The highest BCUT2D eigenvalue weighted by molar-refractivity contribution is 6.22. The van der Waals surface area contributed by atoms with Gasteiger partial charge < -0.3 is 0 Å². The number of aryl methyl sites for hydroxylation is 1. The third kappa shape index (κ3) is 3.91. The number of rotatable bonds is 3. The number of para-hydroxylation sites is 1. The Morgan fingerprint density at radius 2 is 1.09 bits per heavy atom. The molecular weight excluding hydrogens is 555 g/mol. The van der Waals surface area contributed by atoms with Crippen LogP contribution in [0, 0.1) is 6.92 Å². The summed E-state index contributed by atoms with van der Waals surface area (Å²) in [6.07, 6.45) is 0. The van der Waals surface area contributed by atoms with Gasteiger partial charge in [-0.25, -0.2) is 4.98 Å². The summed E-state index contributed by atoms with van der Waals surface area (Å²) in [5, 5.41) is 6.12. The van der Waals surface area contributed by atoms with Crippen molar-refractivity contribution in [2.24, 2.45) is 0 Å². The molecule has 0 aliphatic heterocycles. The second kappa shape index (κ2) is 9.99. The Hall–Kier alpha value is -5.53. The van der Waals surface area contributed by atoms with Crippen LogP contribution in [0.3, 0.4) is 0 Å². The number of pyridine rings is 1. The van der Waals surface area contributed by atoms with Crippen molar-refractivity contribution in [1.29, 1.82) is 0 Å². The predicted molar refractivity (Wildman–Crippen MR) is 195 cm³/mol. The van der Waals surface area contributed by atoms with Crippen LogP contribution in [0.5, 0.6) is 0 Å². The fraction of sp³-hybridized carbons (Fsp3) is 0.0889. The van der Waals surface area contributed by atoms with Crippen LogP contribution in [0.25, 0.3) is 77.1 Å². The Morgan fingerprint density at radius 3 is 1.91 bits per heavy atom. The molecule has 1 heteroatoms. The molecular formula is C45H33N. The van der Waals surface area contributed by atoms with Crippen LogP contribution in [0.2, 0.25) is 0 Å². The Morgan fingerprint density at radius 1 is 0.435 bits per heavy atom. The summed E-state index contributed by atoms with van der Waals surface area (Å²) >= 11 is 0. The van der Waals surface area contributed by atoms with E-state index < -0.39 is 0 Å². The molecule has 1 aliphatic carbocycles. The zero-order valence-electron chi connectivity index (χ0n) is 26.3. The van der Waals surface area contributed by atoms with E-state index in [-0.39, 0.29) is 5.41 Å². The minimum Gasteiger partial charge on any atom is -0.248 e. The van der Waals surface area contributed by atoms with Gasteiger partial charge >= 0.3 is 0 Å². The van der Waals surface area contributed by atoms with Crippen LogP contribution < -0.4 is 0 Å². The molecule has 1 heterocycles. The maximum absolute atomic E-state index is 5.34. The highest BCUT2D eigenvalue weighted by atomic mass is 14.7. The molecule has 9 rings (SSSR count). The molecule has 0 N–H and O–H groups in total. The van der Waals surface area contributed by atoms with E-state index >= 15 is 0 Å². The average molecular weight is 588 g/mol. The van der Waals surface area contributed by atoms with Gasteiger partial charge in [-0.05, 0) is 91.2 Å². The molecule has 1 aliphatic rings. The predicted octanol–water partition coefficient (Wildman–Crippen LogP) is 12.2. The summed E-state index contributed by atoms with van der Waals surface area (Å²) in [5.41, 5.74) is 14.8. The maximum atomic E-state index is 5.34. The quantitative estimate of drug-likeness (QED) is 0.187. The summed E-state index contributed by atoms with van der Waals surface area (Å²) in [4.78, 5) is 5.34. The van der Waals surface area contributed by atoms with E-state index in [4.69, 9.17) is 4.98 Å². The second-order valence-corrected chi connectivity index (χ2v) is 13.2. The minimum absolute atomic E-state index is 0.0206. The van der Waals surface area contributed by atoms with Gasteiger partial charge in [0.15, 0.2) is 0 Å². The van der Waals surface area contributed by atoms with Gasteiger partial charge in [-0.3, -0.25) is 0 Å². The SMILES string of the molecule is Cc1ccc2c(-c3cc(-c4ccccc4)c4ccccc4n3)c3ccccc3c(-c3ccc4c(c3)-c3ccccc3C4(C)C)c2c1. The van der Waals surface area contributed by atoms with Crippen LogP contribution in [-0.4, -0.2) is 4.98 Å². The number of hydrogen-bond donors (Lipinski definition) is 0. The minimum atomic E-state index is -0.0206. The van der Waals surface area contributed by atoms with Crippen LogP contribution in [0.15, 0.2) is 146 Å². The maximum Gasteiger partial charge on any atom is 0.0728 e. The smallest absolute Gasteiger partial charge is 0.0728 e. The number of hydrogen-bond acceptors (Lipinski definition) is 1. The molecule has 0 saturated heterocycles. The summed E-state index contributed by atoms with van der Waals surface area (Å²) in [6.45, 7) is 6.89. The van der Waals surface area contributed by atoms with Gasteiger partial charge in [0.25, 0.3) is 0 Å². The first-order valence-corrected chi connectivity index (χ1v) is 16.1. The fourth-order valence-corrected chi connectivity index (χ4v) is 7.91. The van der Waals surface area contributed by atoms with E-state index in [1.54, 1.807) is 0 Å². The first kappa shape index (κ1) is 26.8. The number of benzene rings is 7. The van der Waals surface area contributed by atoms with Gasteiger partial charge in [0.2, 0.25) is 0 Å². The monoisotopic (exact) mass is 587 g/mol.